The molecule has 1 rings (SSSR count). The van der Waals surface area contributed by atoms with Crippen LogP contribution in [0.3, 0.4) is 0 Å². The summed E-state index contributed by atoms with van der Waals surface area (Å²) in [6.45, 7) is 1.95. The van der Waals surface area contributed by atoms with Crippen molar-refractivity contribution in [3.63, 3.8) is 0 Å². The van der Waals surface area contributed by atoms with Gasteiger partial charge < -0.3 is 4.74 Å². The van der Waals surface area contributed by atoms with E-state index in [1.807, 2.05) is 6.92 Å². The first-order valence-electron chi connectivity index (χ1n) is 3.16. The lowest BCUT2D eigenvalue weighted by atomic mass is 10.5. The molecule has 0 unspecified atom stereocenters. The topological polar surface area (TPSA) is 57.0 Å². The number of ether oxygens (including phenoxy) is 1. The monoisotopic (exact) mass is 155 g/mol. The highest BCUT2D eigenvalue weighted by molar-refractivity contribution is 5.68. The Morgan fingerprint density at radius 1 is 1.82 bits per heavy atom. The Morgan fingerprint density at radius 2 is 2.55 bits per heavy atom. The van der Waals surface area contributed by atoms with Gasteiger partial charge in [-0.05, 0) is 6.92 Å². The van der Waals surface area contributed by atoms with E-state index in [0.29, 0.717) is 0 Å². The molecule has 1 heterocycles. The Kier molecular flexibility index (Phi) is 2.20. The molecule has 1 aromatic heterocycles. The normalized spacial score (nSPS) is 9.64. The van der Waals surface area contributed by atoms with E-state index in [-0.39, 0.29) is 12.5 Å². The number of carbonyl (C=O) groups excluding carboxylic acids is 1. The minimum atomic E-state index is -0.321. The fourth-order valence-corrected chi connectivity index (χ4v) is 0.652. The van der Waals surface area contributed by atoms with Gasteiger partial charge in [-0.15, -0.1) is 5.10 Å². The van der Waals surface area contributed by atoms with E-state index in [1.54, 1.807) is 6.20 Å². The van der Waals surface area contributed by atoms with Crippen LogP contribution < -0.4 is 0 Å². The summed E-state index contributed by atoms with van der Waals surface area (Å²) in [5, 5.41) is 7.28. The molecule has 0 atom stereocenters. The summed E-state index contributed by atoms with van der Waals surface area (Å²) in [6.07, 6.45) is 1.59. The molecule has 0 aliphatic carbocycles. The molecular weight excluding hydrogens is 146 g/mol. The number of esters is 1. The van der Waals surface area contributed by atoms with Crippen molar-refractivity contribution in [1.29, 1.82) is 0 Å². The van der Waals surface area contributed by atoms with Crippen molar-refractivity contribution in [2.75, 3.05) is 7.11 Å². The van der Waals surface area contributed by atoms with E-state index in [4.69, 9.17) is 0 Å². The summed E-state index contributed by atoms with van der Waals surface area (Å²) in [6, 6.07) is 0. The maximum Gasteiger partial charge on any atom is 0.327 e. The van der Waals surface area contributed by atoms with Crippen molar-refractivity contribution in [3.05, 3.63) is 11.9 Å². The molecule has 0 aliphatic rings. The molecule has 0 fully saturated rings. The second kappa shape index (κ2) is 3.14. The Hall–Kier alpha value is -1.39. The third-order valence-electron chi connectivity index (χ3n) is 1.32. The van der Waals surface area contributed by atoms with E-state index < -0.39 is 0 Å². The van der Waals surface area contributed by atoms with E-state index in [2.05, 4.69) is 15.0 Å². The molecular formula is C6H9N3O2. The summed E-state index contributed by atoms with van der Waals surface area (Å²) in [7, 11) is 1.34. The lowest BCUT2D eigenvalue weighted by Gasteiger charge is -1.99. The summed E-state index contributed by atoms with van der Waals surface area (Å²) in [5.74, 6) is -0.321. The second-order valence-corrected chi connectivity index (χ2v) is 2.11. The van der Waals surface area contributed by atoms with Crippen LogP contribution in [0.25, 0.3) is 0 Å². The standard InChI is InChI=1S/C6H9N3O2/c1-5-3-7-8-9(5)4-6(10)11-2/h3H,4H2,1-2H3. The van der Waals surface area contributed by atoms with Crippen LogP contribution in [0.2, 0.25) is 0 Å². The van der Waals surface area contributed by atoms with Gasteiger partial charge >= 0.3 is 5.97 Å². The molecule has 11 heavy (non-hydrogen) atoms. The van der Waals surface area contributed by atoms with Crippen molar-refractivity contribution in [2.45, 2.75) is 13.5 Å². The Balaban J connectivity index is 2.64. The van der Waals surface area contributed by atoms with Gasteiger partial charge in [-0.25, -0.2) is 4.68 Å². The van der Waals surface area contributed by atoms with Gasteiger partial charge in [-0.3, -0.25) is 4.79 Å². The fraction of sp³-hybridized carbons (Fsp3) is 0.500. The zero-order valence-electron chi connectivity index (χ0n) is 6.44. The number of hydrogen-bond donors (Lipinski definition) is 0. The largest absolute Gasteiger partial charge is 0.468 e. The SMILES string of the molecule is COC(=O)Cn1nncc1C. The molecule has 5 nitrogen and oxygen atoms in total. The minimum absolute atomic E-state index is 0.127. The molecule has 0 saturated heterocycles. The van der Waals surface area contributed by atoms with E-state index in [9.17, 15) is 4.79 Å². The highest BCUT2D eigenvalue weighted by Gasteiger charge is 2.04. The van der Waals surface area contributed by atoms with Gasteiger partial charge in [0.05, 0.1) is 19.0 Å². The minimum Gasteiger partial charge on any atom is -0.468 e. The number of rotatable bonds is 2. The van der Waals surface area contributed by atoms with Crippen LogP contribution in [0.5, 0.6) is 0 Å². The first kappa shape index (κ1) is 7.71. The third-order valence-corrected chi connectivity index (χ3v) is 1.32. The summed E-state index contributed by atoms with van der Waals surface area (Å²) >= 11 is 0. The number of aromatic nitrogens is 3. The molecule has 1 aromatic rings. The summed E-state index contributed by atoms with van der Waals surface area (Å²) in [4.78, 5) is 10.7. The molecule has 0 aliphatic heterocycles. The number of methoxy groups -OCH3 is 1. The van der Waals surface area contributed by atoms with Crippen LogP contribution in [-0.2, 0) is 16.1 Å². The van der Waals surface area contributed by atoms with Crippen molar-refractivity contribution >= 4 is 5.97 Å². The predicted molar refractivity (Wildman–Crippen MR) is 36.8 cm³/mol. The highest BCUT2D eigenvalue weighted by atomic mass is 16.5. The van der Waals surface area contributed by atoms with Gasteiger partial charge in [0.25, 0.3) is 0 Å². The lowest BCUT2D eigenvalue weighted by molar-refractivity contribution is -0.141. The van der Waals surface area contributed by atoms with Crippen LogP contribution in [-0.4, -0.2) is 28.1 Å². The molecule has 0 radical (unpaired) electrons. The van der Waals surface area contributed by atoms with Gasteiger partial charge in [0.15, 0.2) is 0 Å². The van der Waals surface area contributed by atoms with Gasteiger partial charge in [0.2, 0.25) is 0 Å². The predicted octanol–water partition coefficient (Wildman–Crippen LogP) is -0.240. The van der Waals surface area contributed by atoms with Crippen LogP contribution in [0.15, 0.2) is 6.20 Å². The highest BCUT2D eigenvalue weighted by Crippen LogP contribution is 1.92. The summed E-state index contributed by atoms with van der Waals surface area (Å²) < 4.78 is 5.93. The molecule has 0 spiro atoms. The van der Waals surface area contributed by atoms with E-state index in [0.717, 1.165) is 5.69 Å². The van der Waals surface area contributed by atoms with Crippen LogP contribution in [0.4, 0.5) is 0 Å². The lowest BCUT2D eigenvalue weighted by Crippen LogP contribution is -2.13. The van der Waals surface area contributed by atoms with Crippen molar-refractivity contribution in [1.82, 2.24) is 15.0 Å². The fourth-order valence-electron chi connectivity index (χ4n) is 0.652. The number of nitrogens with zero attached hydrogens (tertiary/aromatic N) is 3. The number of aryl methyl sites for hydroxylation is 1. The quantitative estimate of drug-likeness (QED) is 0.553. The summed E-state index contributed by atoms with van der Waals surface area (Å²) in [5.41, 5.74) is 0.843. The van der Waals surface area contributed by atoms with Crippen LogP contribution in [0, 0.1) is 6.92 Å². The third kappa shape index (κ3) is 1.76. The first-order valence-corrected chi connectivity index (χ1v) is 3.16. The Labute approximate surface area is 64.0 Å². The molecule has 0 N–H and O–H groups in total. The number of carbonyl (C=O) groups is 1. The first-order chi connectivity index (χ1) is 5.24. The Bertz CT molecular complexity index is 256. The zero-order chi connectivity index (χ0) is 8.27. The van der Waals surface area contributed by atoms with Crippen LogP contribution in [0.1, 0.15) is 5.69 Å². The number of hydrogen-bond acceptors (Lipinski definition) is 4. The molecule has 60 valence electrons. The van der Waals surface area contributed by atoms with Gasteiger partial charge in [0, 0.05) is 0 Å². The molecule has 0 amide bonds. The van der Waals surface area contributed by atoms with Crippen molar-refractivity contribution < 1.29 is 9.53 Å². The average molecular weight is 155 g/mol. The van der Waals surface area contributed by atoms with Gasteiger partial charge in [-0.2, -0.15) is 0 Å². The average Bonchev–Trinajstić information content (AvgIpc) is 2.37. The molecule has 0 saturated carbocycles. The molecule has 0 aromatic carbocycles. The smallest absolute Gasteiger partial charge is 0.327 e. The van der Waals surface area contributed by atoms with E-state index in [1.165, 1.54) is 11.8 Å². The van der Waals surface area contributed by atoms with Gasteiger partial charge in [-0.1, -0.05) is 5.21 Å². The van der Waals surface area contributed by atoms with Crippen molar-refractivity contribution in [3.8, 4) is 0 Å². The maximum absolute atomic E-state index is 10.7. The van der Waals surface area contributed by atoms with Gasteiger partial charge in [0.1, 0.15) is 6.54 Å². The zero-order valence-corrected chi connectivity index (χ0v) is 6.44. The maximum atomic E-state index is 10.7. The molecule has 0 bridgehead atoms. The van der Waals surface area contributed by atoms with Crippen LogP contribution >= 0.6 is 0 Å². The molecule has 5 heteroatoms. The second-order valence-electron chi connectivity index (χ2n) is 2.11. The van der Waals surface area contributed by atoms with Crippen molar-refractivity contribution in [2.24, 2.45) is 0 Å². The van der Waals surface area contributed by atoms with E-state index >= 15 is 0 Å². The Morgan fingerprint density at radius 3 is 3.00 bits per heavy atom.